The monoisotopic (exact) mass is 230 g/mol. The van der Waals surface area contributed by atoms with E-state index in [1.54, 1.807) is 13.2 Å². The first-order valence-corrected chi connectivity index (χ1v) is 4.18. The van der Waals surface area contributed by atoms with Crippen molar-refractivity contribution in [3.05, 3.63) is 28.2 Å². The first-order valence-electron chi connectivity index (χ1n) is 3.38. The van der Waals surface area contributed by atoms with Gasteiger partial charge in [0.2, 0.25) is 0 Å². The normalized spacial score (nSPS) is 9.83. The van der Waals surface area contributed by atoms with Crippen LogP contribution in [0.1, 0.15) is 10.4 Å². The summed E-state index contributed by atoms with van der Waals surface area (Å²) in [4.78, 5) is 15.4. The van der Waals surface area contributed by atoms with Crippen LogP contribution in [0, 0.1) is 0 Å². The molecular weight excluding hydrogens is 222 g/mol. The van der Waals surface area contributed by atoms with Gasteiger partial charge in [0.25, 0.3) is 0 Å². The summed E-state index contributed by atoms with van der Waals surface area (Å²) in [7, 11) is 1.55. The number of hydrogen-bond acceptors (Lipinski definition) is 2. The molecule has 0 aliphatic carbocycles. The predicted octanol–water partition coefficient (Wildman–Crippen LogP) is 1.02. The van der Waals surface area contributed by atoms with Crippen molar-refractivity contribution >= 4 is 27.9 Å². The SMILES string of the molecule is CO[NH2+]c1ccc(Br)cc1C=O. The molecule has 3 nitrogen and oxygen atoms in total. The van der Waals surface area contributed by atoms with Gasteiger partial charge in [-0.2, -0.15) is 5.48 Å². The number of aldehydes is 1. The highest BCUT2D eigenvalue weighted by molar-refractivity contribution is 9.10. The van der Waals surface area contributed by atoms with E-state index in [0.717, 1.165) is 16.4 Å². The standard InChI is InChI=1S/C8H8BrNO2/c1-12-10-8-3-2-7(9)4-6(8)5-11/h2-5,10H,1H3/p+1. The van der Waals surface area contributed by atoms with Crippen molar-refractivity contribution < 1.29 is 15.1 Å². The number of hydrogen-bond donors (Lipinski definition) is 1. The van der Waals surface area contributed by atoms with Crippen LogP contribution in [0.2, 0.25) is 0 Å². The van der Waals surface area contributed by atoms with E-state index < -0.39 is 0 Å². The number of halogens is 1. The van der Waals surface area contributed by atoms with Crippen molar-refractivity contribution in [2.45, 2.75) is 0 Å². The van der Waals surface area contributed by atoms with Crippen molar-refractivity contribution in [1.29, 1.82) is 0 Å². The molecule has 2 N–H and O–H groups in total. The lowest BCUT2D eigenvalue weighted by Gasteiger charge is -1.99. The summed E-state index contributed by atoms with van der Waals surface area (Å²) in [6.45, 7) is 0. The van der Waals surface area contributed by atoms with Crippen LogP contribution in [-0.4, -0.2) is 13.4 Å². The third-order valence-corrected chi connectivity index (χ3v) is 1.91. The van der Waals surface area contributed by atoms with Crippen LogP contribution in [0.15, 0.2) is 22.7 Å². The maximum atomic E-state index is 10.6. The smallest absolute Gasteiger partial charge is 0.172 e. The van der Waals surface area contributed by atoms with Crippen molar-refractivity contribution in [3.8, 4) is 0 Å². The van der Waals surface area contributed by atoms with Crippen LogP contribution in [-0.2, 0) is 4.84 Å². The Balaban J connectivity index is 3.02. The van der Waals surface area contributed by atoms with Crippen molar-refractivity contribution in [3.63, 3.8) is 0 Å². The van der Waals surface area contributed by atoms with Crippen molar-refractivity contribution in [1.82, 2.24) is 0 Å². The van der Waals surface area contributed by atoms with E-state index in [-0.39, 0.29) is 0 Å². The van der Waals surface area contributed by atoms with Gasteiger partial charge in [-0.15, -0.1) is 0 Å². The quantitative estimate of drug-likeness (QED) is 0.479. The minimum atomic E-state index is 0.617. The summed E-state index contributed by atoms with van der Waals surface area (Å²) in [6, 6.07) is 5.42. The van der Waals surface area contributed by atoms with Crippen molar-refractivity contribution in [2.24, 2.45) is 0 Å². The molecule has 0 unspecified atom stereocenters. The molecule has 12 heavy (non-hydrogen) atoms. The van der Waals surface area contributed by atoms with Gasteiger partial charge in [0.15, 0.2) is 12.0 Å². The van der Waals surface area contributed by atoms with E-state index in [2.05, 4.69) is 15.9 Å². The molecule has 0 aliphatic heterocycles. The molecule has 0 saturated heterocycles. The lowest BCUT2D eigenvalue weighted by molar-refractivity contribution is -0.830. The van der Waals surface area contributed by atoms with Gasteiger partial charge in [0.1, 0.15) is 0 Å². The lowest BCUT2D eigenvalue weighted by Crippen LogP contribution is -2.76. The average Bonchev–Trinajstić information content (AvgIpc) is 2.08. The zero-order chi connectivity index (χ0) is 8.97. The maximum Gasteiger partial charge on any atom is 0.172 e. The molecule has 0 heterocycles. The first-order chi connectivity index (χ1) is 5.77. The highest BCUT2D eigenvalue weighted by atomic mass is 79.9. The average molecular weight is 231 g/mol. The van der Waals surface area contributed by atoms with E-state index in [1.165, 1.54) is 5.48 Å². The Morgan fingerprint density at radius 3 is 2.92 bits per heavy atom. The summed E-state index contributed by atoms with van der Waals surface area (Å²) < 4.78 is 0.887. The highest BCUT2D eigenvalue weighted by Gasteiger charge is 2.05. The van der Waals surface area contributed by atoms with Gasteiger partial charge in [0, 0.05) is 10.5 Å². The molecule has 0 amide bonds. The minimum absolute atomic E-state index is 0.617. The number of rotatable bonds is 3. The van der Waals surface area contributed by atoms with Crippen LogP contribution >= 0.6 is 15.9 Å². The Labute approximate surface area is 78.8 Å². The number of benzene rings is 1. The fourth-order valence-electron chi connectivity index (χ4n) is 0.882. The predicted molar refractivity (Wildman–Crippen MR) is 48.1 cm³/mol. The van der Waals surface area contributed by atoms with Crippen LogP contribution in [0.3, 0.4) is 0 Å². The molecule has 0 radical (unpaired) electrons. The van der Waals surface area contributed by atoms with Crippen molar-refractivity contribution in [2.75, 3.05) is 7.11 Å². The van der Waals surface area contributed by atoms with Gasteiger partial charge in [-0.1, -0.05) is 15.9 Å². The Hall–Kier alpha value is -0.710. The molecule has 0 aromatic heterocycles. The minimum Gasteiger partial charge on any atom is -0.298 e. The van der Waals surface area contributed by atoms with E-state index in [0.29, 0.717) is 5.56 Å². The lowest BCUT2D eigenvalue weighted by atomic mass is 10.2. The number of nitrogens with two attached hydrogens (primary N) is 1. The summed E-state index contributed by atoms with van der Waals surface area (Å²) in [5, 5.41) is 0. The molecule has 1 aromatic carbocycles. The number of carbonyl (C=O) groups is 1. The van der Waals surface area contributed by atoms with Crippen LogP contribution in [0.25, 0.3) is 0 Å². The second-order valence-electron chi connectivity index (χ2n) is 2.24. The molecule has 1 aromatic rings. The maximum absolute atomic E-state index is 10.6. The Morgan fingerprint density at radius 2 is 2.33 bits per heavy atom. The summed E-state index contributed by atoms with van der Waals surface area (Å²) in [5.41, 5.74) is 2.94. The van der Waals surface area contributed by atoms with E-state index in [1.807, 2.05) is 12.1 Å². The topological polar surface area (TPSA) is 42.9 Å². The van der Waals surface area contributed by atoms with Gasteiger partial charge in [-0.3, -0.25) is 4.79 Å². The molecule has 0 atom stereocenters. The molecule has 0 bridgehead atoms. The van der Waals surface area contributed by atoms with Gasteiger partial charge >= 0.3 is 0 Å². The van der Waals surface area contributed by atoms with Gasteiger partial charge in [-0.05, 0) is 12.1 Å². The number of carbonyl (C=O) groups excluding carboxylic acids is 1. The second-order valence-corrected chi connectivity index (χ2v) is 3.16. The van der Waals surface area contributed by atoms with Gasteiger partial charge < -0.3 is 0 Å². The molecule has 0 aliphatic rings. The fourth-order valence-corrected chi connectivity index (χ4v) is 1.26. The van der Waals surface area contributed by atoms with Gasteiger partial charge in [-0.25, -0.2) is 4.84 Å². The third-order valence-electron chi connectivity index (χ3n) is 1.42. The van der Waals surface area contributed by atoms with Gasteiger partial charge in [0.05, 0.1) is 12.7 Å². The second kappa shape index (κ2) is 4.35. The molecule has 1 rings (SSSR count). The fraction of sp³-hybridized carbons (Fsp3) is 0.125. The zero-order valence-corrected chi connectivity index (χ0v) is 8.17. The zero-order valence-electron chi connectivity index (χ0n) is 6.58. The summed E-state index contributed by atoms with van der Waals surface area (Å²) in [5.74, 6) is 0. The largest absolute Gasteiger partial charge is 0.298 e. The van der Waals surface area contributed by atoms with E-state index >= 15 is 0 Å². The van der Waals surface area contributed by atoms with Crippen LogP contribution in [0.5, 0.6) is 0 Å². The molecular formula is C8H9BrNO2+. The van der Waals surface area contributed by atoms with E-state index in [9.17, 15) is 4.79 Å². The van der Waals surface area contributed by atoms with Crippen LogP contribution in [0.4, 0.5) is 5.69 Å². The first kappa shape index (κ1) is 9.38. The molecule has 0 fully saturated rings. The summed E-state index contributed by atoms with van der Waals surface area (Å²) in [6.07, 6.45) is 0.801. The Morgan fingerprint density at radius 1 is 1.58 bits per heavy atom. The molecule has 0 saturated carbocycles. The van der Waals surface area contributed by atoms with E-state index in [4.69, 9.17) is 4.84 Å². The molecule has 0 spiro atoms. The Kier molecular flexibility index (Phi) is 3.40. The van der Waals surface area contributed by atoms with Crippen LogP contribution < -0.4 is 5.48 Å². The molecule has 4 heteroatoms. The Bertz CT molecular complexity index is 288. The summed E-state index contributed by atoms with van der Waals surface area (Å²) >= 11 is 3.27. The highest BCUT2D eigenvalue weighted by Crippen LogP contribution is 2.15. The third kappa shape index (κ3) is 2.14. The molecule has 64 valence electrons. The number of quaternary nitrogens is 1.